The van der Waals surface area contributed by atoms with E-state index in [2.05, 4.69) is 10.3 Å². The van der Waals surface area contributed by atoms with Crippen LogP contribution >= 0.6 is 0 Å². The minimum absolute atomic E-state index is 0.0515. The summed E-state index contributed by atoms with van der Waals surface area (Å²) in [4.78, 5) is 17.9. The molecule has 3 heterocycles. The van der Waals surface area contributed by atoms with Crippen LogP contribution in [0.2, 0.25) is 0 Å². The van der Waals surface area contributed by atoms with Crippen LogP contribution in [-0.2, 0) is 10.0 Å². The van der Waals surface area contributed by atoms with E-state index in [1.165, 1.54) is 29.4 Å². The standard InChI is InChI=1S/C22H25F3N6O3S/c1-2-14-11-30(21(32)28-13-22(23,24)25)12-18(14)29-19-16-8-9-31(20(16)27-10-17(19)26)35(33,34)15-6-4-3-5-7-15/h3-10,14,18H,2,11-13,26H2,1H3,(H,27,29)(H,28,32). The topological polar surface area (TPSA) is 122 Å². The van der Waals surface area contributed by atoms with E-state index in [9.17, 15) is 26.4 Å². The Morgan fingerprint density at radius 2 is 1.91 bits per heavy atom. The summed E-state index contributed by atoms with van der Waals surface area (Å²) < 4.78 is 64.8. The van der Waals surface area contributed by atoms with Crippen molar-refractivity contribution in [3.8, 4) is 0 Å². The van der Waals surface area contributed by atoms with Crippen LogP contribution in [0.4, 0.5) is 29.3 Å². The second kappa shape index (κ2) is 9.29. The molecule has 1 aromatic carbocycles. The second-order valence-corrected chi connectivity index (χ2v) is 10.2. The van der Waals surface area contributed by atoms with Gasteiger partial charge < -0.3 is 21.3 Å². The van der Waals surface area contributed by atoms with Gasteiger partial charge in [0.15, 0.2) is 5.65 Å². The molecule has 13 heteroatoms. The maximum Gasteiger partial charge on any atom is 0.405 e. The van der Waals surface area contributed by atoms with Gasteiger partial charge in [-0.2, -0.15) is 13.2 Å². The van der Waals surface area contributed by atoms with Gasteiger partial charge in [0, 0.05) is 30.7 Å². The minimum atomic E-state index is -4.50. The van der Waals surface area contributed by atoms with E-state index < -0.39 is 28.8 Å². The zero-order valence-corrected chi connectivity index (χ0v) is 19.6. The van der Waals surface area contributed by atoms with Crippen molar-refractivity contribution in [2.45, 2.75) is 30.5 Å². The first-order valence-corrected chi connectivity index (χ1v) is 12.4. The molecule has 2 aromatic heterocycles. The van der Waals surface area contributed by atoms with E-state index in [-0.39, 0.29) is 41.3 Å². The Morgan fingerprint density at radius 1 is 1.20 bits per heavy atom. The number of fused-ring (bicyclic) bond motifs is 1. The molecule has 3 aromatic rings. The number of aromatic nitrogens is 2. The quantitative estimate of drug-likeness (QED) is 0.468. The van der Waals surface area contributed by atoms with Crippen LogP contribution in [0.25, 0.3) is 11.0 Å². The largest absolute Gasteiger partial charge is 0.405 e. The molecule has 0 spiro atoms. The fourth-order valence-corrected chi connectivity index (χ4v) is 5.55. The molecule has 4 rings (SSSR count). The smallest absolute Gasteiger partial charge is 0.396 e. The summed E-state index contributed by atoms with van der Waals surface area (Å²) in [7, 11) is -3.90. The number of anilines is 2. The van der Waals surface area contributed by atoms with E-state index in [0.29, 0.717) is 17.5 Å². The zero-order valence-electron chi connectivity index (χ0n) is 18.8. The van der Waals surface area contributed by atoms with Crippen LogP contribution < -0.4 is 16.4 Å². The summed E-state index contributed by atoms with van der Waals surface area (Å²) in [6.07, 6.45) is -1.08. The molecule has 0 aliphatic carbocycles. The number of pyridine rings is 1. The SMILES string of the molecule is CCC1CN(C(=O)NCC(F)(F)F)CC1Nc1c(N)cnc2c1ccn2S(=O)(=O)c1ccccc1. The third-order valence-electron chi connectivity index (χ3n) is 6.03. The number of nitrogen functional groups attached to an aromatic ring is 1. The van der Waals surface area contributed by atoms with Crippen molar-refractivity contribution in [3.63, 3.8) is 0 Å². The Bertz CT molecular complexity index is 1330. The molecular formula is C22H25F3N6O3S. The maximum atomic E-state index is 13.1. The molecule has 2 atom stereocenters. The van der Waals surface area contributed by atoms with Gasteiger partial charge in [0.25, 0.3) is 10.0 Å². The number of hydrogen-bond donors (Lipinski definition) is 3. The third-order valence-corrected chi connectivity index (χ3v) is 7.71. The molecule has 2 unspecified atom stereocenters. The van der Waals surface area contributed by atoms with Crippen LogP contribution in [0.3, 0.4) is 0 Å². The zero-order chi connectivity index (χ0) is 25.4. The fraction of sp³-hybridized carbons (Fsp3) is 0.364. The number of halogens is 3. The first kappa shape index (κ1) is 24.6. The summed E-state index contributed by atoms with van der Waals surface area (Å²) in [6.45, 7) is 0.952. The summed E-state index contributed by atoms with van der Waals surface area (Å²) in [5, 5.41) is 5.67. The molecule has 1 saturated heterocycles. The first-order chi connectivity index (χ1) is 16.5. The number of benzene rings is 1. The predicted molar refractivity (Wildman–Crippen MR) is 125 cm³/mol. The molecule has 1 fully saturated rings. The van der Waals surface area contributed by atoms with E-state index >= 15 is 0 Å². The van der Waals surface area contributed by atoms with Crippen LogP contribution in [0.15, 0.2) is 53.7 Å². The normalized spacial score (nSPS) is 18.7. The van der Waals surface area contributed by atoms with Crippen molar-refractivity contribution in [3.05, 3.63) is 48.8 Å². The van der Waals surface area contributed by atoms with Crippen molar-refractivity contribution in [1.29, 1.82) is 0 Å². The van der Waals surface area contributed by atoms with Gasteiger partial charge in [0.1, 0.15) is 6.54 Å². The highest BCUT2D eigenvalue weighted by Gasteiger charge is 2.36. The summed E-state index contributed by atoms with van der Waals surface area (Å²) >= 11 is 0. The number of nitrogens with zero attached hydrogens (tertiary/aromatic N) is 3. The Balaban J connectivity index is 1.61. The number of rotatable bonds is 6. The third kappa shape index (κ3) is 4.99. The summed E-state index contributed by atoms with van der Waals surface area (Å²) in [5.74, 6) is -0.0515. The molecule has 2 amide bonds. The molecule has 188 valence electrons. The van der Waals surface area contributed by atoms with E-state index in [0.717, 1.165) is 3.97 Å². The van der Waals surface area contributed by atoms with Crippen LogP contribution in [0.1, 0.15) is 13.3 Å². The fourth-order valence-electron chi connectivity index (χ4n) is 4.23. The van der Waals surface area contributed by atoms with Gasteiger partial charge in [0.2, 0.25) is 0 Å². The Morgan fingerprint density at radius 3 is 2.57 bits per heavy atom. The van der Waals surface area contributed by atoms with Crippen LogP contribution in [-0.4, -0.2) is 60.2 Å². The number of nitrogens with one attached hydrogen (secondary N) is 2. The molecule has 0 saturated carbocycles. The van der Waals surface area contributed by atoms with E-state index in [1.807, 2.05) is 12.2 Å². The van der Waals surface area contributed by atoms with Crippen LogP contribution in [0, 0.1) is 5.92 Å². The Labute approximate surface area is 200 Å². The van der Waals surface area contributed by atoms with Crippen LogP contribution in [0.5, 0.6) is 0 Å². The number of nitrogens with two attached hydrogens (primary N) is 1. The number of amides is 2. The highest BCUT2D eigenvalue weighted by molar-refractivity contribution is 7.90. The van der Waals surface area contributed by atoms with Gasteiger partial charge in [-0.25, -0.2) is 22.2 Å². The molecule has 0 bridgehead atoms. The van der Waals surface area contributed by atoms with Gasteiger partial charge in [0.05, 0.1) is 22.5 Å². The molecule has 4 N–H and O–H groups in total. The molecule has 35 heavy (non-hydrogen) atoms. The van der Waals surface area contributed by atoms with Gasteiger partial charge in [-0.15, -0.1) is 0 Å². The van der Waals surface area contributed by atoms with Gasteiger partial charge in [-0.05, 0) is 30.5 Å². The number of hydrogen-bond acceptors (Lipinski definition) is 6. The second-order valence-electron chi connectivity index (χ2n) is 8.35. The Hall–Kier alpha value is -3.48. The lowest BCUT2D eigenvalue weighted by Gasteiger charge is -2.21. The van der Waals surface area contributed by atoms with Crippen molar-refractivity contribution < 1.29 is 26.4 Å². The minimum Gasteiger partial charge on any atom is -0.396 e. The lowest BCUT2D eigenvalue weighted by molar-refractivity contribution is -0.123. The average molecular weight is 511 g/mol. The number of likely N-dealkylation sites (tertiary alicyclic amines) is 1. The number of carbonyl (C=O) groups excluding carboxylic acids is 1. The van der Waals surface area contributed by atoms with Crippen molar-refractivity contribution >= 4 is 38.5 Å². The van der Waals surface area contributed by atoms with Crippen molar-refractivity contribution in [2.24, 2.45) is 5.92 Å². The molecular weight excluding hydrogens is 485 g/mol. The molecule has 1 aliphatic heterocycles. The maximum absolute atomic E-state index is 13.1. The Kier molecular flexibility index (Phi) is 6.54. The van der Waals surface area contributed by atoms with Crippen molar-refractivity contribution in [1.82, 2.24) is 19.2 Å². The van der Waals surface area contributed by atoms with E-state index in [1.54, 1.807) is 24.3 Å². The monoisotopic (exact) mass is 510 g/mol. The highest BCUT2D eigenvalue weighted by atomic mass is 32.2. The van der Waals surface area contributed by atoms with E-state index in [4.69, 9.17) is 5.73 Å². The lowest BCUT2D eigenvalue weighted by atomic mass is 10.0. The van der Waals surface area contributed by atoms with Crippen molar-refractivity contribution in [2.75, 3.05) is 30.7 Å². The predicted octanol–water partition coefficient (Wildman–Crippen LogP) is 3.25. The van der Waals surface area contributed by atoms with Gasteiger partial charge in [-0.3, -0.25) is 0 Å². The summed E-state index contributed by atoms with van der Waals surface area (Å²) in [5.41, 5.74) is 7.08. The average Bonchev–Trinajstić information content (AvgIpc) is 3.44. The molecule has 1 aliphatic rings. The molecule has 0 radical (unpaired) electrons. The van der Waals surface area contributed by atoms with Gasteiger partial charge >= 0.3 is 12.2 Å². The number of carbonyl (C=O) groups is 1. The molecule has 9 nitrogen and oxygen atoms in total. The lowest BCUT2D eigenvalue weighted by Crippen LogP contribution is -2.43. The van der Waals surface area contributed by atoms with Gasteiger partial charge in [-0.1, -0.05) is 25.1 Å². The highest BCUT2D eigenvalue weighted by Crippen LogP contribution is 2.33. The summed E-state index contributed by atoms with van der Waals surface area (Å²) in [6, 6.07) is 8.42. The number of alkyl halides is 3. The first-order valence-electron chi connectivity index (χ1n) is 10.9. The number of urea groups is 1.